The number of hydrogen-bond donors (Lipinski definition) is 2. The first-order chi connectivity index (χ1) is 13.1. The molecule has 0 bridgehead atoms. The van der Waals surface area contributed by atoms with Gasteiger partial charge < -0.3 is 20.1 Å². The molecule has 27 heavy (non-hydrogen) atoms. The van der Waals surface area contributed by atoms with E-state index in [0.717, 1.165) is 11.3 Å². The Morgan fingerprint density at radius 1 is 1.00 bits per heavy atom. The zero-order valence-electron chi connectivity index (χ0n) is 15.3. The third-order valence-corrected chi connectivity index (χ3v) is 4.09. The molecule has 0 aliphatic carbocycles. The molecule has 0 amide bonds. The third kappa shape index (κ3) is 4.77. The summed E-state index contributed by atoms with van der Waals surface area (Å²) >= 11 is 6.16. The highest BCUT2D eigenvalue weighted by atomic mass is 35.5. The van der Waals surface area contributed by atoms with Crippen LogP contribution in [-0.4, -0.2) is 29.2 Å². The first-order valence-electron chi connectivity index (χ1n) is 8.26. The fourth-order valence-corrected chi connectivity index (χ4v) is 2.72. The Bertz CT molecular complexity index is 921. The van der Waals surface area contributed by atoms with E-state index in [0.29, 0.717) is 40.5 Å². The van der Waals surface area contributed by atoms with Crippen LogP contribution in [0.2, 0.25) is 5.02 Å². The monoisotopic (exact) mass is 385 g/mol. The van der Waals surface area contributed by atoms with Gasteiger partial charge in [-0.15, -0.1) is 0 Å². The van der Waals surface area contributed by atoms with E-state index in [4.69, 9.17) is 21.1 Å². The molecule has 0 atom stereocenters. The minimum atomic E-state index is 0.471. The fraction of sp³-hybridized carbons (Fsp3) is 0.211. The summed E-state index contributed by atoms with van der Waals surface area (Å²) in [5.74, 6) is 2.28. The summed E-state index contributed by atoms with van der Waals surface area (Å²) in [6.45, 7) is 2.51. The second-order valence-corrected chi connectivity index (χ2v) is 6.15. The lowest BCUT2D eigenvalue weighted by Gasteiger charge is -2.14. The smallest absolute Gasteiger partial charge is 0.225 e. The zero-order valence-corrected chi connectivity index (χ0v) is 16.0. The summed E-state index contributed by atoms with van der Waals surface area (Å²) in [6, 6.07) is 9.18. The van der Waals surface area contributed by atoms with E-state index >= 15 is 0 Å². The van der Waals surface area contributed by atoms with Gasteiger partial charge in [-0.1, -0.05) is 11.6 Å². The number of rotatable bonds is 7. The van der Waals surface area contributed by atoms with E-state index in [1.807, 2.05) is 25.1 Å². The molecule has 0 fully saturated rings. The van der Waals surface area contributed by atoms with Gasteiger partial charge in [0.2, 0.25) is 5.95 Å². The highest BCUT2D eigenvalue weighted by Gasteiger charge is 2.11. The third-order valence-electron chi connectivity index (χ3n) is 3.79. The SMILES string of the molecule is COc1cc(Nc2cc(C)nc(NCc3ccncc3)n2)c(OC)cc1Cl. The summed E-state index contributed by atoms with van der Waals surface area (Å²) in [6.07, 6.45) is 3.50. The number of ether oxygens (including phenoxy) is 2. The number of halogens is 1. The van der Waals surface area contributed by atoms with E-state index < -0.39 is 0 Å². The lowest BCUT2D eigenvalue weighted by atomic mass is 10.2. The zero-order chi connectivity index (χ0) is 19.2. The summed E-state index contributed by atoms with van der Waals surface area (Å²) in [5, 5.41) is 6.93. The van der Waals surface area contributed by atoms with Crippen LogP contribution in [0.1, 0.15) is 11.3 Å². The number of hydrogen-bond acceptors (Lipinski definition) is 7. The molecule has 2 N–H and O–H groups in total. The molecule has 3 aromatic rings. The van der Waals surface area contributed by atoms with Crippen LogP contribution in [0.15, 0.2) is 42.7 Å². The maximum Gasteiger partial charge on any atom is 0.225 e. The van der Waals surface area contributed by atoms with E-state index in [-0.39, 0.29) is 0 Å². The number of anilines is 3. The van der Waals surface area contributed by atoms with Crippen molar-refractivity contribution in [2.75, 3.05) is 24.9 Å². The Hall–Kier alpha value is -3.06. The van der Waals surface area contributed by atoms with Crippen LogP contribution in [-0.2, 0) is 6.54 Å². The fourth-order valence-electron chi connectivity index (χ4n) is 2.49. The molecule has 8 heteroatoms. The summed E-state index contributed by atoms with van der Waals surface area (Å²) in [7, 11) is 3.14. The predicted molar refractivity (Wildman–Crippen MR) is 106 cm³/mol. The van der Waals surface area contributed by atoms with E-state index in [1.54, 1.807) is 38.7 Å². The Balaban J connectivity index is 1.82. The van der Waals surface area contributed by atoms with Gasteiger partial charge >= 0.3 is 0 Å². The first kappa shape index (κ1) is 18.7. The van der Waals surface area contributed by atoms with Crippen molar-refractivity contribution in [2.24, 2.45) is 0 Å². The molecule has 1 aromatic carbocycles. The summed E-state index contributed by atoms with van der Waals surface area (Å²) < 4.78 is 10.7. The highest BCUT2D eigenvalue weighted by molar-refractivity contribution is 6.32. The van der Waals surface area contributed by atoms with Crippen LogP contribution in [0.3, 0.4) is 0 Å². The van der Waals surface area contributed by atoms with Crippen molar-refractivity contribution >= 4 is 29.1 Å². The van der Waals surface area contributed by atoms with Crippen LogP contribution in [0.4, 0.5) is 17.5 Å². The largest absolute Gasteiger partial charge is 0.495 e. The van der Waals surface area contributed by atoms with Crippen LogP contribution in [0.5, 0.6) is 11.5 Å². The Morgan fingerprint density at radius 3 is 2.44 bits per heavy atom. The second kappa shape index (κ2) is 8.55. The molecular formula is C19H20ClN5O2. The standard InChI is InChI=1S/C19H20ClN5O2/c1-12-8-18(24-15-10-16(26-2)14(20)9-17(15)27-3)25-19(23-12)22-11-13-4-6-21-7-5-13/h4-10H,11H2,1-3H3,(H2,22,23,24,25). The molecule has 0 aliphatic heterocycles. The van der Waals surface area contributed by atoms with Gasteiger partial charge in [-0.05, 0) is 24.6 Å². The lowest BCUT2D eigenvalue weighted by molar-refractivity contribution is 0.405. The maximum atomic E-state index is 6.16. The van der Waals surface area contributed by atoms with Gasteiger partial charge in [0.05, 0.1) is 24.9 Å². The van der Waals surface area contributed by atoms with Crippen LogP contribution in [0, 0.1) is 6.92 Å². The molecule has 0 unspecified atom stereocenters. The number of aryl methyl sites for hydroxylation is 1. The molecule has 0 aliphatic rings. The minimum Gasteiger partial charge on any atom is -0.495 e. The van der Waals surface area contributed by atoms with Crippen molar-refractivity contribution in [1.82, 2.24) is 15.0 Å². The number of aromatic nitrogens is 3. The molecular weight excluding hydrogens is 366 g/mol. The van der Waals surface area contributed by atoms with Crippen molar-refractivity contribution in [3.05, 3.63) is 59.0 Å². The van der Waals surface area contributed by atoms with Crippen molar-refractivity contribution in [3.63, 3.8) is 0 Å². The van der Waals surface area contributed by atoms with Crippen LogP contribution >= 0.6 is 11.6 Å². The van der Waals surface area contributed by atoms with E-state index in [1.165, 1.54) is 0 Å². The Labute approximate surface area is 162 Å². The van der Waals surface area contributed by atoms with Gasteiger partial charge in [0.15, 0.2) is 0 Å². The van der Waals surface area contributed by atoms with Crippen molar-refractivity contribution in [1.29, 1.82) is 0 Å². The first-order valence-corrected chi connectivity index (χ1v) is 8.64. The van der Waals surface area contributed by atoms with Crippen molar-refractivity contribution < 1.29 is 9.47 Å². The minimum absolute atomic E-state index is 0.471. The quantitative estimate of drug-likeness (QED) is 0.630. The second-order valence-electron chi connectivity index (χ2n) is 5.74. The van der Waals surface area contributed by atoms with Gasteiger partial charge in [0.25, 0.3) is 0 Å². The molecule has 2 aromatic heterocycles. The normalized spacial score (nSPS) is 10.4. The number of nitrogens with zero attached hydrogens (tertiary/aromatic N) is 3. The summed E-state index contributed by atoms with van der Waals surface area (Å²) in [5.41, 5.74) is 2.61. The summed E-state index contributed by atoms with van der Waals surface area (Å²) in [4.78, 5) is 13.0. The van der Waals surface area contributed by atoms with Gasteiger partial charge in [0, 0.05) is 42.8 Å². The Kier molecular flexibility index (Phi) is 5.93. The van der Waals surface area contributed by atoms with E-state index in [9.17, 15) is 0 Å². The van der Waals surface area contributed by atoms with Gasteiger partial charge in [-0.25, -0.2) is 4.98 Å². The number of pyridine rings is 1. The molecule has 7 nitrogen and oxygen atoms in total. The van der Waals surface area contributed by atoms with E-state index in [2.05, 4.69) is 25.6 Å². The molecule has 0 saturated carbocycles. The number of benzene rings is 1. The number of nitrogens with one attached hydrogen (secondary N) is 2. The molecule has 0 radical (unpaired) electrons. The van der Waals surface area contributed by atoms with Crippen molar-refractivity contribution in [3.8, 4) is 11.5 Å². The van der Waals surface area contributed by atoms with Gasteiger partial charge in [-0.3, -0.25) is 4.98 Å². The topological polar surface area (TPSA) is 81.2 Å². The molecule has 3 rings (SSSR count). The molecule has 0 spiro atoms. The molecule has 2 heterocycles. The molecule has 0 saturated heterocycles. The maximum absolute atomic E-state index is 6.16. The van der Waals surface area contributed by atoms with Crippen molar-refractivity contribution in [2.45, 2.75) is 13.5 Å². The Morgan fingerprint density at radius 2 is 1.74 bits per heavy atom. The average molecular weight is 386 g/mol. The lowest BCUT2D eigenvalue weighted by Crippen LogP contribution is -2.06. The van der Waals surface area contributed by atoms with Gasteiger partial charge in [-0.2, -0.15) is 4.98 Å². The average Bonchev–Trinajstić information content (AvgIpc) is 2.68. The number of methoxy groups -OCH3 is 2. The predicted octanol–water partition coefficient (Wildman–Crippen LogP) is 4.21. The highest BCUT2D eigenvalue weighted by Crippen LogP contribution is 2.37. The van der Waals surface area contributed by atoms with Crippen LogP contribution in [0.25, 0.3) is 0 Å². The molecule has 140 valence electrons. The van der Waals surface area contributed by atoms with Gasteiger partial charge in [0.1, 0.15) is 17.3 Å². The van der Waals surface area contributed by atoms with Crippen LogP contribution < -0.4 is 20.1 Å².